The van der Waals surface area contributed by atoms with E-state index in [4.69, 9.17) is 0 Å². The molecule has 1 aliphatic carbocycles. The van der Waals surface area contributed by atoms with Crippen LogP contribution in [0.4, 0.5) is 0 Å². The summed E-state index contributed by atoms with van der Waals surface area (Å²) in [6.07, 6.45) is 1.77. The number of aromatic hydroxyl groups is 1. The molecule has 0 atom stereocenters. The Morgan fingerprint density at radius 1 is 0.867 bits per heavy atom. The lowest BCUT2D eigenvalue weighted by atomic mass is 9.84. The van der Waals surface area contributed by atoms with Gasteiger partial charge in [-0.3, -0.25) is 9.59 Å². The van der Waals surface area contributed by atoms with Crippen LogP contribution in [0.5, 0.6) is 5.75 Å². The lowest BCUT2D eigenvalue weighted by Gasteiger charge is -2.37. The normalized spacial score (nSPS) is 18.2. The molecule has 2 aromatic rings. The van der Waals surface area contributed by atoms with Gasteiger partial charge in [0, 0.05) is 26.2 Å². The van der Waals surface area contributed by atoms with Crippen molar-refractivity contribution >= 4 is 11.8 Å². The zero-order valence-corrected chi connectivity index (χ0v) is 18.0. The van der Waals surface area contributed by atoms with Gasteiger partial charge in [-0.15, -0.1) is 0 Å². The molecule has 5 nitrogen and oxygen atoms in total. The van der Waals surface area contributed by atoms with Crippen molar-refractivity contribution in [3.05, 3.63) is 65.2 Å². The summed E-state index contributed by atoms with van der Waals surface area (Å²) in [5, 5.41) is 9.95. The molecule has 1 saturated heterocycles. The average Bonchev–Trinajstić information content (AvgIpc) is 3.55. The Balaban J connectivity index is 1.42. The molecular formula is C25H30N2O3. The summed E-state index contributed by atoms with van der Waals surface area (Å²) in [4.78, 5) is 29.7. The molecule has 1 heterocycles. The molecule has 5 heteroatoms. The number of carbonyl (C=O) groups is 2. The summed E-state index contributed by atoms with van der Waals surface area (Å²) in [6.45, 7) is 8.60. The van der Waals surface area contributed by atoms with Crippen LogP contribution in [0, 0.1) is 0 Å². The number of amides is 2. The number of phenolic OH excluding ortho intramolecular Hbond substituents is 1. The van der Waals surface area contributed by atoms with E-state index < -0.39 is 0 Å². The van der Waals surface area contributed by atoms with Crippen LogP contribution in [0.3, 0.4) is 0 Å². The van der Waals surface area contributed by atoms with Gasteiger partial charge in [-0.1, -0.05) is 57.2 Å². The molecule has 30 heavy (non-hydrogen) atoms. The Labute approximate surface area is 178 Å². The number of piperazine rings is 1. The molecular weight excluding hydrogens is 376 g/mol. The van der Waals surface area contributed by atoms with Crippen molar-refractivity contribution < 1.29 is 14.7 Å². The van der Waals surface area contributed by atoms with Gasteiger partial charge in [0.05, 0.1) is 11.0 Å². The fraction of sp³-hybridized carbons (Fsp3) is 0.440. The van der Waals surface area contributed by atoms with Gasteiger partial charge in [0.2, 0.25) is 5.91 Å². The fourth-order valence-electron chi connectivity index (χ4n) is 4.28. The minimum atomic E-state index is -0.389. The summed E-state index contributed by atoms with van der Waals surface area (Å²) in [7, 11) is 0. The molecule has 0 bridgehead atoms. The number of nitrogens with zero attached hydrogens (tertiary/aromatic N) is 2. The Morgan fingerprint density at radius 2 is 1.43 bits per heavy atom. The van der Waals surface area contributed by atoms with E-state index >= 15 is 0 Å². The zero-order chi connectivity index (χ0) is 21.5. The highest BCUT2D eigenvalue weighted by Crippen LogP contribution is 2.50. The van der Waals surface area contributed by atoms with Crippen LogP contribution < -0.4 is 0 Å². The van der Waals surface area contributed by atoms with E-state index in [1.165, 1.54) is 11.6 Å². The first-order valence-corrected chi connectivity index (χ1v) is 10.7. The number of rotatable bonds is 3. The monoisotopic (exact) mass is 406 g/mol. The van der Waals surface area contributed by atoms with Crippen LogP contribution in [0.2, 0.25) is 0 Å². The third-order valence-electron chi connectivity index (χ3n) is 6.45. The van der Waals surface area contributed by atoms with Crippen LogP contribution in [-0.4, -0.2) is 52.9 Å². The minimum absolute atomic E-state index is 0.00311. The predicted molar refractivity (Wildman–Crippen MR) is 117 cm³/mol. The highest BCUT2D eigenvalue weighted by Gasteiger charge is 2.53. The maximum Gasteiger partial charge on any atom is 0.257 e. The molecule has 2 aromatic carbocycles. The molecule has 1 N–H and O–H groups in total. The van der Waals surface area contributed by atoms with Gasteiger partial charge >= 0.3 is 0 Å². The van der Waals surface area contributed by atoms with Gasteiger partial charge in [-0.25, -0.2) is 0 Å². The van der Waals surface area contributed by atoms with Crippen molar-refractivity contribution in [1.82, 2.24) is 9.80 Å². The molecule has 4 rings (SSSR count). The first-order valence-electron chi connectivity index (χ1n) is 10.7. The fourth-order valence-corrected chi connectivity index (χ4v) is 4.28. The highest BCUT2D eigenvalue weighted by molar-refractivity contribution is 5.97. The van der Waals surface area contributed by atoms with Gasteiger partial charge in [-0.05, 0) is 41.5 Å². The average molecular weight is 407 g/mol. The summed E-state index contributed by atoms with van der Waals surface area (Å²) in [6, 6.07) is 15.1. The van der Waals surface area contributed by atoms with Crippen LogP contribution in [0.1, 0.15) is 55.1 Å². The SMILES string of the molecule is CC(C)(C)c1ccc(C2(C(=O)N3CCN(C(=O)c4ccccc4O)CC3)CC2)cc1. The van der Waals surface area contributed by atoms with Crippen molar-refractivity contribution in [3.8, 4) is 5.75 Å². The largest absolute Gasteiger partial charge is 0.507 e. The molecule has 2 aliphatic rings. The minimum Gasteiger partial charge on any atom is -0.507 e. The van der Waals surface area contributed by atoms with E-state index in [-0.39, 0.29) is 28.4 Å². The number of phenols is 1. The van der Waals surface area contributed by atoms with E-state index in [2.05, 4.69) is 45.0 Å². The molecule has 0 unspecified atom stereocenters. The second kappa shape index (κ2) is 7.46. The van der Waals surface area contributed by atoms with E-state index in [0.717, 1.165) is 18.4 Å². The molecule has 0 aromatic heterocycles. The number of carbonyl (C=O) groups excluding carboxylic acids is 2. The number of hydrogen-bond donors (Lipinski definition) is 1. The van der Waals surface area contributed by atoms with Crippen molar-refractivity contribution in [2.75, 3.05) is 26.2 Å². The highest BCUT2D eigenvalue weighted by atomic mass is 16.3. The molecule has 2 amide bonds. The van der Waals surface area contributed by atoms with Crippen LogP contribution >= 0.6 is 0 Å². The van der Waals surface area contributed by atoms with Gasteiger partial charge in [0.1, 0.15) is 5.75 Å². The predicted octanol–water partition coefficient (Wildman–Crippen LogP) is 3.71. The van der Waals surface area contributed by atoms with Crippen LogP contribution in [-0.2, 0) is 15.6 Å². The molecule has 2 fully saturated rings. The maximum atomic E-state index is 13.3. The van der Waals surface area contributed by atoms with Gasteiger partial charge < -0.3 is 14.9 Å². The first-order chi connectivity index (χ1) is 14.2. The summed E-state index contributed by atoms with van der Waals surface area (Å²) < 4.78 is 0. The first kappa shape index (κ1) is 20.5. The van der Waals surface area contributed by atoms with E-state index in [1.807, 2.05) is 4.90 Å². The van der Waals surface area contributed by atoms with Crippen molar-refractivity contribution in [2.45, 2.75) is 44.4 Å². The molecule has 1 saturated carbocycles. The van der Waals surface area contributed by atoms with E-state index in [9.17, 15) is 14.7 Å². The van der Waals surface area contributed by atoms with Gasteiger partial charge in [-0.2, -0.15) is 0 Å². The van der Waals surface area contributed by atoms with Gasteiger partial charge in [0.25, 0.3) is 5.91 Å². The van der Waals surface area contributed by atoms with Crippen LogP contribution in [0.25, 0.3) is 0 Å². The Hall–Kier alpha value is -2.82. The Kier molecular flexibility index (Phi) is 5.08. The lowest BCUT2D eigenvalue weighted by molar-refractivity contribution is -0.135. The maximum absolute atomic E-state index is 13.3. The Morgan fingerprint density at radius 3 is 1.97 bits per heavy atom. The molecule has 0 radical (unpaired) electrons. The van der Waals surface area contributed by atoms with Crippen LogP contribution in [0.15, 0.2) is 48.5 Å². The number of hydrogen-bond acceptors (Lipinski definition) is 3. The smallest absolute Gasteiger partial charge is 0.257 e. The van der Waals surface area contributed by atoms with Crippen molar-refractivity contribution in [3.63, 3.8) is 0 Å². The molecule has 158 valence electrons. The quantitative estimate of drug-likeness (QED) is 0.845. The van der Waals surface area contributed by atoms with E-state index in [0.29, 0.717) is 31.7 Å². The zero-order valence-electron chi connectivity index (χ0n) is 18.0. The van der Waals surface area contributed by atoms with Gasteiger partial charge in [0.15, 0.2) is 0 Å². The third kappa shape index (κ3) is 3.69. The van der Waals surface area contributed by atoms with E-state index in [1.54, 1.807) is 23.1 Å². The topological polar surface area (TPSA) is 60.9 Å². The molecule has 0 spiro atoms. The summed E-state index contributed by atoms with van der Waals surface area (Å²) >= 11 is 0. The Bertz CT molecular complexity index is 947. The van der Waals surface area contributed by atoms with Crippen molar-refractivity contribution in [1.29, 1.82) is 0 Å². The summed E-state index contributed by atoms with van der Waals surface area (Å²) in [5.74, 6) is -0.00332. The standard InChI is InChI=1S/C25H30N2O3/c1-24(2,3)18-8-10-19(11-9-18)25(12-13-25)23(30)27-16-14-26(15-17-27)22(29)20-6-4-5-7-21(20)28/h4-11,28H,12-17H2,1-3H3. The number of para-hydroxylation sites is 1. The molecule has 1 aliphatic heterocycles. The van der Waals surface area contributed by atoms with Crippen molar-refractivity contribution in [2.24, 2.45) is 0 Å². The number of benzene rings is 2. The summed E-state index contributed by atoms with van der Waals surface area (Å²) in [5.41, 5.74) is 2.39. The lowest BCUT2D eigenvalue weighted by Crippen LogP contribution is -2.53. The second-order valence-electron chi connectivity index (χ2n) is 9.51. The third-order valence-corrected chi connectivity index (χ3v) is 6.45. The second-order valence-corrected chi connectivity index (χ2v) is 9.51.